The van der Waals surface area contributed by atoms with Crippen LogP contribution in [0.2, 0.25) is 5.02 Å². The van der Waals surface area contributed by atoms with Crippen LogP contribution >= 0.6 is 27.5 Å². The second kappa shape index (κ2) is 7.23. The predicted molar refractivity (Wildman–Crippen MR) is 71.6 cm³/mol. The zero-order valence-electron chi connectivity index (χ0n) is 9.41. The Hall–Kier alpha value is -1.27. The Morgan fingerprint density at radius 2 is 2.17 bits per heavy atom. The summed E-state index contributed by atoms with van der Waals surface area (Å²) in [5.41, 5.74) is 5.18. The highest BCUT2D eigenvalue weighted by Gasteiger charge is 2.13. The third-order valence-electron chi connectivity index (χ3n) is 2.03. The van der Waals surface area contributed by atoms with E-state index in [0.29, 0.717) is 28.0 Å². The molecule has 0 aromatic heterocycles. The number of primary amides is 1. The van der Waals surface area contributed by atoms with E-state index in [2.05, 4.69) is 21.2 Å². The van der Waals surface area contributed by atoms with Gasteiger partial charge in [0, 0.05) is 11.0 Å². The molecular weight excluding hydrogens is 323 g/mol. The first-order valence-electron chi connectivity index (χ1n) is 5.17. The smallest absolute Gasteiger partial charge is 0.339 e. The number of amides is 2. The van der Waals surface area contributed by atoms with Crippen molar-refractivity contribution < 1.29 is 14.3 Å². The van der Waals surface area contributed by atoms with Gasteiger partial charge in [0.1, 0.15) is 0 Å². The van der Waals surface area contributed by atoms with Gasteiger partial charge in [-0.1, -0.05) is 17.7 Å². The predicted octanol–water partition coefficient (Wildman–Crippen LogP) is 2.32. The van der Waals surface area contributed by atoms with Crippen LogP contribution in [-0.2, 0) is 4.74 Å². The molecule has 1 aromatic carbocycles. The summed E-state index contributed by atoms with van der Waals surface area (Å²) in [7, 11) is 0. The van der Waals surface area contributed by atoms with Gasteiger partial charge in [0.05, 0.1) is 17.2 Å². The Balaban J connectivity index is 2.41. The number of nitrogens with one attached hydrogen (secondary N) is 1. The molecule has 0 aliphatic heterocycles. The average molecular weight is 336 g/mol. The Morgan fingerprint density at radius 3 is 2.83 bits per heavy atom. The summed E-state index contributed by atoms with van der Waals surface area (Å²) in [5.74, 6) is -0.500. The standard InChI is InChI=1S/C11H12BrClN2O3/c12-8-4-1-3-7(9(8)13)10(16)18-6-2-5-15-11(14)17/h1,3-4H,2,5-6H2,(H3,14,15,17). The van der Waals surface area contributed by atoms with Gasteiger partial charge in [0.15, 0.2) is 0 Å². The van der Waals surface area contributed by atoms with Gasteiger partial charge in [-0.2, -0.15) is 0 Å². The highest BCUT2D eigenvalue weighted by atomic mass is 79.9. The van der Waals surface area contributed by atoms with Crippen molar-refractivity contribution in [2.75, 3.05) is 13.2 Å². The van der Waals surface area contributed by atoms with E-state index in [1.54, 1.807) is 18.2 Å². The normalized spacial score (nSPS) is 9.89. The molecule has 0 fully saturated rings. The number of hydrogen-bond acceptors (Lipinski definition) is 3. The topological polar surface area (TPSA) is 81.4 Å². The molecule has 0 aliphatic rings. The van der Waals surface area contributed by atoms with Crippen LogP contribution < -0.4 is 11.1 Å². The molecule has 3 N–H and O–H groups in total. The number of urea groups is 1. The summed E-state index contributed by atoms with van der Waals surface area (Å²) in [4.78, 5) is 22.1. The number of carbonyl (C=O) groups is 2. The first kappa shape index (κ1) is 14.8. The lowest BCUT2D eigenvalue weighted by Gasteiger charge is -2.07. The largest absolute Gasteiger partial charge is 0.462 e. The molecule has 0 spiro atoms. The lowest BCUT2D eigenvalue weighted by molar-refractivity contribution is 0.0502. The van der Waals surface area contributed by atoms with Crippen molar-refractivity contribution in [2.24, 2.45) is 5.73 Å². The van der Waals surface area contributed by atoms with Crippen molar-refractivity contribution in [1.82, 2.24) is 5.32 Å². The zero-order valence-corrected chi connectivity index (χ0v) is 11.8. The maximum Gasteiger partial charge on any atom is 0.339 e. The van der Waals surface area contributed by atoms with Crippen LogP contribution in [0.1, 0.15) is 16.8 Å². The van der Waals surface area contributed by atoms with Crippen molar-refractivity contribution in [3.05, 3.63) is 33.3 Å². The molecule has 98 valence electrons. The number of benzene rings is 1. The van der Waals surface area contributed by atoms with Crippen molar-refractivity contribution in [2.45, 2.75) is 6.42 Å². The van der Waals surface area contributed by atoms with Crippen LogP contribution in [-0.4, -0.2) is 25.2 Å². The van der Waals surface area contributed by atoms with Crippen molar-refractivity contribution >= 4 is 39.5 Å². The molecule has 0 saturated heterocycles. The quantitative estimate of drug-likeness (QED) is 0.640. The molecule has 0 radical (unpaired) electrons. The molecule has 2 amide bonds. The third-order valence-corrected chi connectivity index (χ3v) is 3.32. The monoisotopic (exact) mass is 334 g/mol. The fraction of sp³-hybridized carbons (Fsp3) is 0.273. The molecule has 1 rings (SSSR count). The fourth-order valence-electron chi connectivity index (χ4n) is 1.19. The molecule has 18 heavy (non-hydrogen) atoms. The molecule has 0 atom stereocenters. The Bertz CT molecular complexity index is 454. The van der Waals surface area contributed by atoms with Crippen LogP contribution in [0.4, 0.5) is 4.79 Å². The highest BCUT2D eigenvalue weighted by molar-refractivity contribution is 9.10. The summed E-state index contributed by atoms with van der Waals surface area (Å²) >= 11 is 9.17. The molecule has 0 saturated carbocycles. The van der Waals surface area contributed by atoms with Crippen molar-refractivity contribution in [3.63, 3.8) is 0 Å². The van der Waals surface area contributed by atoms with Gasteiger partial charge in [-0.25, -0.2) is 9.59 Å². The Labute approximate surface area is 118 Å². The second-order valence-electron chi connectivity index (χ2n) is 3.38. The molecular formula is C11H12BrClN2O3. The first-order valence-corrected chi connectivity index (χ1v) is 6.34. The minimum atomic E-state index is -0.601. The van der Waals surface area contributed by atoms with E-state index < -0.39 is 12.0 Å². The number of nitrogens with two attached hydrogens (primary N) is 1. The minimum Gasteiger partial charge on any atom is -0.462 e. The van der Waals surface area contributed by atoms with Crippen LogP contribution in [0.3, 0.4) is 0 Å². The van der Waals surface area contributed by atoms with Gasteiger partial charge in [-0.3, -0.25) is 0 Å². The molecule has 5 nitrogen and oxygen atoms in total. The summed E-state index contributed by atoms with van der Waals surface area (Å²) < 4.78 is 5.64. The minimum absolute atomic E-state index is 0.182. The SMILES string of the molecule is NC(=O)NCCCOC(=O)c1cccc(Br)c1Cl. The Kier molecular flexibility index (Phi) is 5.94. The lowest BCUT2D eigenvalue weighted by Crippen LogP contribution is -2.30. The number of rotatable bonds is 5. The van der Waals surface area contributed by atoms with E-state index >= 15 is 0 Å². The number of hydrogen-bond donors (Lipinski definition) is 2. The molecule has 0 aliphatic carbocycles. The third kappa shape index (κ3) is 4.54. The average Bonchev–Trinajstić information content (AvgIpc) is 2.31. The Morgan fingerprint density at radius 1 is 1.44 bits per heavy atom. The fourth-order valence-corrected chi connectivity index (χ4v) is 1.76. The number of halogens is 2. The van der Waals surface area contributed by atoms with Gasteiger partial charge >= 0.3 is 12.0 Å². The lowest BCUT2D eigenvalue weighted by atomic mass is 10.2. The van der Waals surface area contributed by atoms with E-state index in [9.17, 15) is 9.59 Å². The maximum atomic E-state index is 11.7. The molecule has 0 bridgehead atoms. The second-order valence-corrected chi connectivity index (χ2v) is 4.61. The van der Waals surface area contributed by atoms with Crippen LogP contribution in [0, 0.1) is 0 Å². The number of ether oxygens (including phenoxy) is 1. The number of esters is 1. The summed E-state index contributed by atoms with van der Waals surface area (Å²) in [6.07, 6.45) is 0.486. The van der Waals surface area contributed by atoms with Crippen molar-refractivity contribution in [3.8, 4) is 0 Å². The molecule has 1 aromatic rings. The molecule has 0 heterocycles. The van der Waals surface area contributed by atoms with Crippen molar-refractivity contribution in [1.29, 1.82) is 0 Å². The summed E-state index contributed by atoms with van der Waals surface area (Å²) in [6.45, 7) is 0.538. The van der Waals surface area contributed by atoms with E-state index in [-0.39, 0.29) is 6.61 Å². The maximum absolute atomic E-state index is 11.7. The molecule has 7 heteroatoms. The van der Waals surface area contributed by atoms with Gasteiger partial charge in [-0.05, 0) is 34.5 Å². The highest BCUT2D eigenvalue weighted by Crippen LogP contribution is 2.26. The van der Waals surface area contributed by atoms with E-state index in [1.807, 2.05) is 0 Å². The van der Waals surface area contributed by atoms with Crippen LogP contribution in [0.5, 0.6) is 0 Å². The summed E-state index contributed by atoms with van der Waals surface area (Å²) in [6, 6.07) is 4.41. The van der Waals surface area contributed by atoms with Gasteiger partial charge in [-0.15, -0.1) is 0 Å². The zero-order chi connectivity index (χ0) is 13.5. The van der Waals surface area contributed by atoms with Crippen LogP contribution in [0.25, 0.3) is 0 Å². The van der Waals surface area contributed by atoms with Crippen LogP contribution in [0.15, 0.2) is 22.7 Å². The van der Waals surface area contributed by atoms with Gasteiger partial charge in [0.25, 0.3) is 0 Å². The van der Waals surface area contributed by atoms with E-state index in [0.717, 1.165) is 0 Å². The molecule has 0 unspecified atom stereocenters. The summed E-state index contributed by atoms with van der Waals surface area (Å²) in [5, 5.41) is 2.71. The van der Waals surface area contributed by atoms with Gasteiger partial charge < -0.3 is 15.8 Å². The van der Waals surface area contributed by atoms with E-state index in [4.69, 9.17) is 22.1 Å². The van der Waals surface area contributed by atoms with E-state index in [1.165, 1.54) is 0 Å². The number of carbonyl (C=O) groups excluding carboxylic acids is 2. The first-order chi connectivity index (χ1) is 8.52. The van der Waals surface area contributed by atoms with Gasteiger partial charge in [0.2, 0.25) is 0 Å².